The van der Waals surface area contributed by atoms with Crippen LogP contribution in [0.2, 0.25) is 0 Å². The topological polar surface area (TPSA) is 44.9 Å². The number of aromatic nitrogens is 2. The first kappa shape index (κ1) is 30.8. The molecule has 244 valence electrons. The van der Waals surface area contributed by atoms with Gasteiger partial charge in [0.2, 0.25) is 0 Å². The molecule has 9 aromatic rings. The number of rotatable bonds is 7. The minimum atomic E-state index is 0.630. The molecule has 0 bridgehead atoms. The number of para-hydroxylation sites is 3. The van der Waals surface area contributed by atoms with Crippen LogP contribution in [-0.4, -0.2) is 9.55 Å². The van der Waals surface area contributed by atoms with Crippen molar-refractivity contribution in [3.05, 3.63) is 200 Å². The van der Waals surface area contributed by atoms with E-state index < -0.39 is 0 Å². The summed E-state index contributed by atoms with van der Waals surface area (Å²) in [6.45, 7) is 0. The molecule has 4 heteroatoms. The average Bonchev–Trinajstić information content (AvgIpc) is 3.56. The zero-order valence-corrected chi connectivity index (χ0v) is 28.3. The monoisotopic (exact) mass is 664 g/mol. The number of fused-ring (bicyclic) bond motifs is 3. The Kier molecular flexibility index (Phi) is 7.85. The maximum atomic E-state index is 10.1. The number of pyridine rings is 1. The first-order valence-electron chi connectivity index (χ1n) is 17.4. The van der Waals surface area contributed by atoms with Crippen molar-refractivity contribution in [1.29, 1.82) is 5.26 Å². The Labute approximate surface area is 302 Å². The summed E-state index contributed by atoms with van der Waals surface area (Å²) in [5, 5.41) is 12.4. The summed E-state index contributed by atoms with van der Waals surface area (Å²) in [7, 11) is 0. The predicted octanol–water partition coefficient (Wildman–Crippen LogP) is 12.5. The third-order valence-corrected chi connectivity index (χ3v) is 9.59. The number of anilines is 3. The fraction of sp³-hybridized carbons (Fsp3) is 0. The second kappa shape index (κ2) is 13.2. The van der Waals surface area contributed by atoms with E-state index in [0.29, 0.717) is 5.56 Å². The fourth-order valence-electron chi connectivity index (χ4n) is 7.22. The van der Waals surface area contributed by atoms with Crippen LogP contribution in [0.25, 0.3) is 61.1 Å². The van der Waals surface area contributed by atoms with Crippen LogP contribution in [0, 0.1) is 11.3 Å². The lowest BCUT2D eigenvalue weighted by molar-refractivity contribution is 1.18. The molecule has 0 amide bonds. The van der Waals surface area contributed by atoms with Crippen LogP contribution in [0.3, 0.4) is 0 Å². The SMILES string of the molecule is N#Cc1ccccc1-c1cc(-c2cccc(-c3ccccc3)n2)cc(-n2c3ccccc3c3cc(N(c4ccccc4)c4ccccc4)ccc32)c1. The van der Waals surface area contributed by atoms with Gasteiger partial charge in [-0.2, -0.15) is 5.26 Å². The molecule has 2 aromatic heterocycles. The summed E-state index contributed by atoms with van der Waals surface area (Å²) < 4.78 is 2.34. The van der Waals surface area contributed by atoms with Crippen molar-refractivity contribution >= 4 is 38.9 Å². The van der Waals surface area contributed by atoms with E-state index >= 15 is 0 Å². The molecule has 52 heavy (non-hydrogen) atoms. The van der Waals surface area contributed by atoms with Crippen molar-refractivity contribution in [2.24, 2.45) is 0 Å². The van der Waals surface area contributed by atoms with E-state index in [1.165, 1.54) is 0 Å². The number of nitriles is 1. The molecule has 4 nitrogen and oxygen atoms in total. The molecule has 2 heterocycles. The quantitative estimate of drug-likeness (QED) is 0.170. The lowest BCUT2D eigenvalue weighted by Gasteiger charge is -2.25. The summed E-state index contributed by atoms with van der Waals surface area (Å²) in [5.74, 6) is 0. The van der Waals surface area contributed by atoms with Crippen LogP contribution in [0.1, 0.15) is 5.56 Å². The van der Waals surface area contributed by atoms with Crippen molar-refractivity contribution in [2.75, 3.05) is 4.90 Å². The van der Waals surface area contributed by atoms with Gasteiger partial charge in [0.05, 0.1) is 34.1 Å². The Morgan fingerprint density at radius 3 is 1.77 bits per heavy atom. The minimum absolute atomic E-state index is 0.630. The molecule has 0 unspecified atom stereocenters. The second-order valence-corrected chi connectivity index (χ2v) is 12.8. The first-order valence-corrected chi connectivity index (χ1v) is 17.4. The Balaban J connectivity index is 1.28. The summed E-state index contributed by atoms with van der Waals surface area (Å²) in [5.41, 5.74) is 12.7. The van der Waals surface area contributed by atoms with Gasteiger partial charge >= 0.3 is 0 Å². The first-order chi connectivity index (χ1) is 25.7. The summed E-state index contributed by atoms with van der Waals surface area (Å²) in [6.07, 6.45) is 0. The Morgan fingerprint density at radius 2 is 1.04 bits per heavy atom. The highest BCUT2D eigenvalue weighted by molar-refractivity contribution is 6.11. The molecule has 0 aliphatic rings. The molecule has 0 saturated carbocycles. The molecule has 0 atom stereocenters. The number of hydrogen-bond donors (Lipinski definition) is 0. The Bertz CT molecular complexity index is 2700. The smallest absolute Gasteiger partial charge is 0.0998 e. The zero-order valence-electron chi connectivity index (χ0n) is 28.3. The fourth-order valence-corrected chi connectivity index (χ4v) is 7.22. The van der Waals surface area contributed by atoms with Gasteiger partial charge in [-0.15, -0.1) is 0 Å². The molecular weight excluding hydrogens is 633 g/mol. The highest BCUT2D eigenvalue weighted by atomic mass is 15.1. The van der Waals surface area contributed by atoms with Gasteiger partial charge in [-0.3, -0.25) is 0 Å². The van der Waals surface area contributed by atoms with E-state index in [1.54, 1.807) is 0 Å². The van der Waals surface area contributed by atoms with Crippen LogP contribution in [0.15, 0.2) is 194 Å². The number of nitrogens with zero attached hydrogens (tertiary/aromatic N) is 4. The van der Waals surface area contributed by atoms with E-state index in [2.05, 4.69) is 149 Å². The van der Waals surface area contributed by atoms with Gasteiger partial charge in [0.1, 0.15) is 0 Å². The van der Waals surface area contributed by atoms with Crippen LogP contribution < -0.4 is 4.90 Å². The maximum Gasteiger partial charge on any atom is 0.0998 e. The third-order valence-electron chi connectivity index (χ3n) is 9.59. The molecular formula is C48H32N4. The van der Waals surface area contributed by atoms with Crippen LogP contribution in [-0.2, 0) is 0 Å². The molecule has 9 rings (SSSR count). The van der Waals surface area contributed by atoms with E-state index in [-0.39, 0.29) is 0 Å². The zero-order chi connectivity index (χ0) is 34.9. The number of benzene rings is 7. The van der Waals surface area contributed by atoms with Crippen molar-refractivity contribution in [3.8, 4) is 45.4 Å². The summed E-state index contributed by atoms with van der Waals surface area (Å²) in [6, 6.07) is 69.5. The molecule has 0 fully saturated rings. The van der Waals surface area contributed by atoms with Crippen LogP contribution >= 0.6 is 0 Å². The minimum Gasteiger partial charge on any atom is -0.310 e. The molecule has 0 radical (unpaired) electrons. The highest BCUT2D eigenvalue weighted by Crippen LogP contribution is 2.41. The molecule has 0 aliphatic heterocycles. The molecule has 7 aromatic carbocycles. The van der Waals surface area contributed by atoms with Crippen LogP contribution in [0.4, 0.5) is 17.1 Å². The largest absolute Gasteiger partial charge is 0.310 e. The summed E-state index contributed by atoms with van der Waals surface area (Å²) in [4.78, 5) is 7.45. The number of hydrogen-bond acceptors (Lipinski definition) is 3. The van der Waals surface area contributed by atoms with Crippen molar-refractivity contribution in [3.63, 3.8) is 0 Å². The van der Waals surface area contributed by atoms with Crippen LogP contribution in [0.5, 0.6) is 0 Å². The Hall–Kier alpha value is -7.22. The van der Waals surface area contributed by atoms with Crippen molar-refractivity contribution in [2.45, 2.75) is 0 Å². The van der Waals surface area contributed by atoms with E-state index in [0.717, 1.165) is 78.2 Å². The second-order valence-electron chi connectivity index (χ2n) is 12.8. The molecule has 0 spiro atoms. The van der Waals surface area contributed by atoms with Gasteiger partial charge in [-0.05, 0) is 96.1 Å². The normalized spacial score (nSPS) is 11.1. The van der Waals surface area contributed by atoms with Gasteiger partial charge < -0.3 is 9.47 Å². The van der Waals surface area contributed by atoms with E-state index in [9.17, 15) is 5.26 Å². The average molecular weight is 665 g/mol. The van der Waals surface area contributed by atoms with Gasteiger partial charge in [0.25, 0.3) is 0 Å². The van der Waals surface area contributed by atoms with Gasteiger partial charge in [-0.25, -0.2) is 4.98 Å². The third kappa shape index (κ3) is 5.57. The predicted molar refractivity (Wildman–Crippen MR) is 214 cm³/mol. The van der Waals surface area contributed by atoms with Gasteiger partial charge in [-0.1, -0.05) is 109 Å². The highest BCUT2D eigenvalue weighted by Gasteiger charge is 2.19. The van der Waals surface area contributed by atoms with E-state index in [4.69, 9.17) is 4.98 Å². The van der Waals surface area contributed by atoms with Gasteiger partial charge in [0, 0.05) is 44.6 Å². The molecule has 0 N–H and O–H groups in total. The Morgan fingerprint density at radius 1 is 0.442 bits per heavy atom. The molecule has 0 aliphatic carbocycles. The standard InChI is InChI=1S/C48H32N4/c49-33-35-17-10-11-22-42(35)36-29-37(46-25-14-24-45(50-46)34-15-4-1-5-16-34)31-41(30-36)52-47-26-13-12-23-43(47)44-32-40(27-28-48(44)52)51(38-18-6-2-7-19-38)39-20-8-3-9-21-39/h1-32H. The van der Waals surface area contributed by atoms with Crippen molar-refractivity contribution in [1.82, 2.24) is 9.55 Å². The summed E-state index contributed by atoms with van der Waals surface area (Å²) >= 11 is 0. The maximum absolute atomic E-state index is 10.1. The van der Waals surface area contributed by atoms with E-state index in [1.807, 2.05) is 60.7 Å². The lowest BCUT2D eigenvalue weighted by atomic mass is 9.96. The lowest BCUT2D eigenvalue weighted by Crippen LogP contribution is -2.09. The van der Waals surface area contributed by atoms with Gasteiger partial charge in [0.15, 0.2) is 0 Å². The molecule has 0 saturated heterocycles. The van der Waals surface area contributed by atoms with Crippen molar-refractivity contribution < 1.29 is 0 Å².